The van der Waals surface area contributed by atoms with E-state index in [0.29, 0.717) is 33.4 Å². The molecule has 0 saturated heterocycles. The Balaban J connectivity index is 1.52. The Morgan fingerprint density at radius 3 is 2.51 bits per heavy atom. The molecule has 198 valence electrons. The van der Waals surface area contributed by atoms with Gasteiger partial charge in [0.05, 0.1) is 32.2 Å². The number of nitrogens with one attached hydrogen (secondary N) is 2. The molecule has 0 saturated carbocycles. The lowest BCUT2D eigenvalue weighted by Gasteiger charge is -2.15. The van der Waals surface area contributed by atoms with Crippen LogP contribution in [0, 0.1) is 6.92 Å². The van der Waals surface area contributed by atoms with Crippen molar-refractivity contribution in [3.05, 3.63) is 100 Å². The number of rotatable bonds is 9. The second-order valence-electron chi connectivity index (χ2n) is 8.93. The van der Waals surface area contributed by atoms with Gasteiger partial charge in [-0.05, 0) is 36.2 Å². The highest BCUT2D eigenvalue weighted by Crippen LogP contribution is 2.30. The molecule has 3 aromatic carbocycles. The molecule has 39 heavy (non-hydrogen) atoms. The molecule has 2 heterocycles. The molecule has 0 spiro atoms. The molecule has 0 aliphatic heterocycles. The number of nitrogens with zero attached hydrogens (tertiary/aromatic N) is 2. The van der Waals surface area contributed by atoms with Crippen LogP contribution in [0.2, 0.25) is 0 Å². The number of anilines is 1. The van der Waals surface area contributed by atoms with Crippen LogP contribution < -0.4 is 20.3 Å². The minimum absolute atomic E-state index is 0.0477. The molecular weight excluding hydrogens is 512 g/mol. The summed E-state index contributed by atoms with van der Waals surface area (Å²) < 4.78 is 12.5. The fourth-order valence-corrected chi connectivity index (χ4v) is 5.19. The maximum Gasteiger partial charge on any atom is 0.278 e. The summed E-state index contributed by atoms with van der Waals surface area (Å²) in [5, 5.41) is 3.35. The lowest BCUT2D eigenvalue weighted by atomic mass is 10.1. The van der Waals surface area contributed by atoms with E-state index in [4.69, 9.17) is 14.5 Å². The first-order chi connectivity index (χ1) is 19.0. The van der Waals surface area contributed by atoms with Gasteiger partial charge in [-0.1, -0.05) is 66.4 Å². The number of carbonyl (C=O) groups is 1. The molecule has 1 amide bonds. The lowest BCUT2D eigenvalue weighted by molar-refractivity contribution is -0.113. The number of aromatic nitrogens is 3. The zero-order chi connectivity index (χ0) is 27.4. The van der Waals surface area contributed by atoms with Gasteiger partial charge in [-0.15, -0.1) is 0 Å². The number of fused-ring (bicyclic) bond motifs is 1. The van der Waals surface area contributed by atoms with Crippen molar-refractivity contribution in [3.8, 4) is 22.6 Å². The molecule has 8 nitrogen and oxygen atoms in total. The van der Waals surface area contributed by atoms with E-state index >= 15 is 0 Å². The van der Waals surface area contributed by atoms with Crippen molar-refractivity contribution in [2.45, 2.75) is 18.6 Å². The molecule has 5 aromatic rings. The summed E-state index contributed by atoms with van der Waals surface area (Å²) in [4.78, 5) is 34.8. The van der Waals surface area contributed by atoms with E-state index < -0.39 is 0 Å². The number of hydrogen-bond donors (Lipinski definition) is 2. The number of ether oxygens (including phenoxy) is 2. The van der Waals surface area contributed by atoms with Gasteiger partial charge in [0.1, 0.15) is 22.5 Å². The third-order valence-electron chi connectivity index (χ3n) is 6.32. The maximum absolute atomic E-state index is 13.8. The second-order valence-corrected chi connectivity index (χ2v) is 9.87. The van der Waals surface area contributed by atoms with E-state index in [0.717, 1.165) is 22.3 Å². The molecule has 0 aliphatic rings. The van der Waals surface area contributed by atoms with Crippen LogP contribution in [0.25, 0.3) is 22.2 Å². The van der Waals surface area contributed by atoms with Gasteiger partial charge in [-0.2, -0.15) is 0 Å². The Kier molecular flexibility index (Phi) is 7.69. The average Bonchev–Trinajstić information content (AvgIpc) is 3.38. The quantitative estimate of drug-likeness (QED) is 0.189. The van der Waals surface area contributed by atoms with Gasteiger partial charge in [-0.3, -0.25) is 14.2 Å². The van der Waals surface area contributed by atoms with Crippen LogP contribution in [-0.4, -0.2) is 40.4 Å². The molecule has 0 fully saturated rings. The first-order valence-electron chi connectivity index (χ1n) is 12.3. The Labute approximate surface area is 230 Å². The van der Waals surface area contributed by atoms with Crippen LogP contribution in [0.3, 0.4) is 0 Å². The van der Waals surface area contributed by atoms with Crippen LogP contribution >= 0.6 is 11.8 Å². The number of amides is 1. The number of H-pyrrole nitrogens is 1. The number of aryl methyl sites for hydroxylation is 1. The number of para-hydroxylation sites is 1. The Morgan fingerprint density at radius 2 is 1.74 bits per heavy atom. The first kappa shape index (κ1) is 26.1. The van der Waals surface area contributed by atoms with Crippen LogP contribution in [0.1, 0.15) is 11.1 Å². The van der Waals surface area contributed by atoms with Crippen molar-refractivity contribution < 1.29 is 14.3 Å². The zero-order valence-electron chi connectivity index (χ0n) is 21.9. The van der Waals surface area contributed by atoms with Gasteiger partial charge in [0.2, 0.25) is 5.91 Å². The minimum atomic E-state index is -0.237. The van der Waals surface area contributed by atoms with Gasteiger partial charge in [0.25, 0.3) is 5.56 Å². The zero-order valence-corrected chi connectivity index (χ0v) is 22.7. The fourth-order valence-electron chi connectivity index (χ4n) is 4.40. The lowest BCUT2D eigenvalue weighted by Crippen LogP contribution is -2.25. The standard InChI is InChI=1S/C30H28N4O4S/c1-19-13-14-25(38-3)23(15-19)32-26(35)18-39-30-33-27-22(20-9-5-4-6-10-20)16-31-28(27)29(36)34(30)17-21-11-7-8-12-24(21)37-2/h4-16,31H,17-18H2,1-3H3,(H,32,35). The van der Waals surface area contributed by atoms with Crippen molar-refractivity contribution in [3.63, 3.8) is 0 Å². The maximum atomic E-state index is 13.8. The van der Waals surface area contributed by atoms with E-state index in [2.05, 4.69) is 10.3 Å². The number of aromatic amines is 1. The molecule has 0 aliphatic carbocycles. The molecule has 9 heteroatoms. The molecule has 2 N–H and O–H groups in total. The van der Waals surface area contributed by atoms with Gasteiger partial charge < -0.3 is 19.8 Å². The highest BCUT2D eigenvalue weighted by Gasteiger charge is 2.19. The predicted molar refractivity (Wildman–Crippen MR) is 155 cm³/mol. The molecule has 0 unspecified atom stereocenters. The van der Waals surface area contributed by atoms with Gasteiger partial charge in [-0.25, -0.2) is 4.98 Å². The highest BCUT2D eigenvalue weighted by atomic mass is 32.2. The van der Waals surface area contributed by atoms with Crippen molar-refractivity contribution in [2.75, 3.05) is 25.3 Å². The van der Waals surface area contributed by atoms with Crippen LogP contribution in [0.5, 0.6) is 11.5 Å². The number of methoxy groups -OCH3 is 2. The number of hydrogen-bond acceptors (Lipinski definition) is 6. The van der Waals surface area contributed by atoms with Gasteiger partial charge >= 0.3 is 0 Å². The van der Waals surface area contributed by atoms with Gasteiger partial charge in [0.15, 0.2) is 5.16 Å². The average molecular weight is 541 g/mol. The third-order valence-corrected chi connectivity index (χ3v) is 7.29. The normalized spacial score (nSPS) is 10.9. The van der Waals surface area contributed by atoms with E-state index in [1.807, 2.05) is 79.7 Å². The van der Waals surface area contributed by atoms with Crippen LogP contribution in [-0.2, 0) is 11.3 Å². The van der Waals surface area contributed by atoms with Crippen molar-refractivity contribution in [1.29, 1.82) is 0 Å². The van der Waals surface area contributed by atoms with E-state index in [1.165, 1.54) is 11.8 Å². The molecular formula is C30H28N4O4S. The topological polar surface area (TPSA) is 98.2 Å². The molecule has 0 bridgehead atoms. The van der Waals surface area contributed by atoms with E-state index in [1.54, 1.807) is 25.0 Å². The summed E-state index contributed by atoms with van der Waals surface area (Å²) in [6.45, 7) is 2.18. The fraction of sp³-hybridized carbons (Fsp3) is 0.167. The van der Waals surface area contributed by atoms with Crippen molar-refractivity contribution in [2.24, 2.45) is 0 Å². The van der Waals surface area contributed by atoms with E-state index in [9.17, 15) is 9.59 Å². The van der Waals surface area contributed by atoms with Crippen LogP contribution in [0.4, 0.5) is 5.69 Å². The number of benzene rings is 3. The molecule has 5 rings (SSSR count). The summed E-state index contributed by atoms with van der Waals surface area (Å²) in [5.41, 5.74) is 4.92. The Hall–Kier alpha value is -4.50. The summed E-state index contributed by atoms with van der Waals surface area (Å²) in [7, 11) is 3.16. The van der Waals surface area contributed by atoms with E-state index in [-0.39, 0.29) is 23.8 Å². The highest BCUT2D eigenvalue weighted by molar-refractivity contribution is 7.99. The summed E-state index contributed by atoms with van der Waals surface area (Å²) in [6.07, 6.45) is 1.80. The monoisotopic (exact) mass is 540 g/mol. The minimum Gasteiger partial charge on any atom is -0.496 e. The van der Waals surface area contributed by atoms with Crippen molar-refractivity contribution >= 4 is 34.4 Å². The summed E-state index contributed by atoms with van der Waals surface area (Å²) in [6, 6.07) is 22.9. The predicted octanol–water partition coefficient (Wildman–Crippen LogP) is 5.50. The number of carbonyl (C=O) groups excluding carboxylic acids is 1. The Morgan fingerprint density at radius 1 is 1.00 bits per heavy atom. The second kappa shape index (κ2) is 11.5. The third kappa shape index (κ3) is 5.53. The van der Waals surface area contributed by atoms with Crippen LogP contribution in [0.15, 0.2) is 88.9 Å². The first-order valence-corrected chi connectivity index (χ1v) is 13.3. The van der Waals surface area contributed by atoms with Crippen molar-refractivity contribution in [1.82, 2.24) is 14.5 Å². The van der Waals surface area contributed by atoms with Gasteiger partial charge in [0, 0.05) is 17.3 Å². The molecule has 0 atom stereocenters. The summed E-state index contributed by atoms with van der Waals surface area (Å²) >= 11 is 1.21. The summed E-state index contributed by atoms with van der Waals surface area (Å²) in [5.74, 6) is 1.05. The molecule has 0 radical (unpaired) electrons. The largest absolute Gasteiger partial charge is 0.496 e. The Bertz CT molecular complexity index is 1700. The SMILES string of the molecule is COc1ccccc1Cn1c(SCC(=O)Nc2cc(C)ccc2OC)nc2c(-c3ccccc3)c[nH]c2c1=O. The molecule has 2 aromatic heterocycles. The number of thioether (sulfide) groups is 1. The smallest absolute Gasteiger partial charge is 0.278 e.